The number of aliphatic hydroxyl groups excluding tert-OH is 1. The lowest BCUT2D eigenvalue weighted by Crippen LogP contribution is -2.36. The summed E-state index contributed by atoms with van der Waals surface area (Å²) in [6.07, 6.45) is 4.60. The summed E-state index contributed by atoms with van der Waals surface area (Å²) >= 11 is 0. The molecule has 2 N–H and O–H groups in total. The van der Waals surface area contributed by atoms with Crippen LogP contribution in [0.3, 0.4) is 0 Å². The molecule has 1 saturated carbocycles. The molecule has 1 fully saturated rings. The van der Waals surface area contributed by atoms with Crippen LogP contribution in [0.25, 0.3) is 33.3 Å². The van der Waals surface area contributed by atoms with Crippen LogP contribution in [0.2, 0.25) is 0 Å². The van der Waals surface area contributed by atoms with E-state index in [1.807, 2.05) is 0 Å². The first-order valence-corrected chi connectivity index (χ1v) is 12.3. The second-order valence-corrected chi connectivity index (χ2v) is 9.59. The molecule has 1 atom stereocenters. The second kappa shape index (κ2) is 9.54. The van der Waals surface area contributed by atoms with Crippen LogP contribution in [0.15, 0.2) is 72.8 Å². The molecular formula is C30H34N2O. The molecule has 0 unspecified atom stereocenters. The standard InChI is InChI=1S/C30H34N2O/c1-21-17-22(2)29-27(18-21)28(23-11-5-3-6-12-23)30(24-13-7-4-8-14-24)32(29)20-26(33)19-31-25-15-9-10-16-25/h3-8,11-14,17-18,25-26,31,33H,9-10,15-16,19-20H2,1-2H3/t26-/m0/s1. The van der Waals surface area contributed by atoms with E-state index >= 15 is 0 Å². The molecule has 0 spiro atoms. The van der Waals surface area contributed by atoms with Gasteiger partial charge in [0.15, 0.2) is 0 Å². The summed E-state index contributed by atoms with van der Waals surface area (Å²) in [7, 11) is 0. The van der Waals surface area contributed by atoms with Crippen LogP contribution in [0.1, 0.15) is 36.8 Å². The number of nitrogens with one attached hydrogen (secondary N) is 1. The lowest BCUT2D eigenvalue weighted by atomic mass is 9.97. The summed E-state index contributed by atoms with van der Waals surface area (Å²) in [4.78, 5) is 0. The molecule has 1 aliphatic carbocycles. The Hall–Kier alpha value is -2.88. The third-order valence-electron chi connectivity index (χ3n) is 6.99. The molecular weight excluding hydrogens is 404 g/mol. The highest BCUT2D eigenvalue weighted by atomic mass is 16.3. The van der Waals surface area contributed by atoms with E-state index in [1.54, 1.807) is 0 Å². The van der Waals surface area contributed by atoms with Crippen LogP contribution in [-0.2, 0) is 6.54 Å². The number of fused-ring (bicyclic) bond motifs is 1. The van der Waals surface area contributed by atoms with E-state index in [1.165, 1.54) is 70.1 Å². The van der Waals surface area contributed by atoms with Crippen molar-refractivity contribution in [3.8, 4) is 22.4 Å². The van der Waals surface area contributed by atoms with Crippen molar-refractivity contribution in [2.75, 3.05) is 6.54 Å². The lowest BCUT2D eigenvalue weighted by molar-refractivity contribution is 0.149. The number of aromatic nitrogens is 1. The molecule has 0 amide bonds. The van der Waals surface area contributed by atoms with Crippen LogP contribution in [0.4, 0.5) is 0 Å². The van der Waals surface area contributed by atoms with Gasteiger partial charge in [-0.3, -0.25) is 0 Å². The Balaban J connectivity index is 1.66. The predicted octanol–water partition coefficient (Wildman–Crippen LogP) is 6.49. The fraction of sp³-hybridized carbons (Fsp3) is 0.333. The number of hydrogen-bond acceptors (Lipinski definition) is 2. The van der Waals surface area contributed by atoms with Gasteiger partial charge in [0, 0.05) is 23.5 Å². The van der Waals surface area contributed by atoms with Crippen molar-refractivity contribution in [1.82, 2.24) is 9.88 Å². The minimum atomic E-state index is -0.451. The van der Waals surface area contributed by atoms with Gasteiger partial charge in [0.2, 0.25) is 0 Å². The maximum absolute atomic E-state index is 11.1. The van der Waals surface area contributed by atoms with E-state index in [0.29, 0.717) is 19.1 Å². The minimum Gasteiger partial charge on any atom is -0.390 e. The van der Waals surface area contributed by atoms with Crippen LogP contribution in [0.5, 0.6) is 0 Å². The highest BCUT2D eigenvalue weighted by molar-refractivity contribution is 6.06. The van der Waals surface area contributed by atoms with Crippen molar-refractivity contribution in [3.63, 3.8) is 0 Å². The van der Waals surface area contributed by atoms with Gasteiger partial charge in [-0.25, -0.2) is 0 Å². The zero-order chi connectivity index (χ0) is 22.8. The summed E-state index contributed by atoms with van der Waals surface area (Å²) in [5.41, 5.74) is 8.56. The second-order valence-electron chi connectivity index (χ2n) is 9.59. The van der Waals surface area contributed by atoms with E-state index in [-0.39, 0.29) is 0 Å². The molecule has 3 aromatic carbocycles. The Morgan fingerprint density at radius 2 is 1.55 bits per heavy atom. The van der Waals surface area contributed by atoms with Gasteiger partial charge in [-0.15, -0.1) is 0 Å². The lowest BCUT2D eigenvalue weighted by Gasteiger charge is -2.20. The maximum atomic E-state index is 11.1. The Labute approximate surface area is 197 Å². The molecule has 1 aliphatic rings. The first-order valence-electron chi connectivity index (χ1n) is 12.3. The monoisotopic (exact) mass is 438 g/mol. The summed E-state index contributed by atoms with van der Waals surface area (Å²) < 4.78 is 2.36. The molecule has 0 aliphatic heterocycles. The third kappa shape index (κ3) is 4.48. The van der Waals surface area contributed by atoms with Gasteiger partial charge in [0.25, 0.3) is 0 Å². The van der Waals surface area contributed by atoms with E-state index in [2.05, 4.69) is 96.5 Å². The normalized spacial score (nSPS) is 15.4. The average Bonchev–Trinajstić information content (AvgIpc) is 3.45. The summed E-state index contributed by atoms with van der Waals surface area (Å²) in [6, 6.07) is 26.4. The highest BCUT2D eigenvalue weighted by Crippen LogP contribution is 2.42. The number of aliphatic hydroxyl groups is 1. The predicted molar refractivity (Wildman–Crippen MR) is 139 cm³/mol. The van der Waals surface area contributed by atoms with Crippen LogP contribution >= 0.6 is 0 Å². The Morgan fingerprint density at radius 3 is 2.21 bits per heavy atom. The summed E-state index contributed by atoms with van der Waals surface area (Å²) in [5, 5.41) is 16.0. The summed E-state index contributed by atoms with van der Waals surface area (Å²) in [5.74, 6) is 0. The first-order chi connectivity index (χ1) is 16.1. The maximum Gasteiger partial charge on any atom is 0.0843 e. The van der Waals surface area contributed by atoms with Gasteiger partial charge in [-0.2, -0.15) is 0 Å². The third-order valence-corrected chi connectivity index (χ3v) is 6.99. The Bertz CT molecular complexity index is 1220. The number of hydrogen-bond donors (Lipinski definition) is 2. The molecule has 1 aromatic heterocycles. The van der Waals surface area contributed by atoms with Crippen molar-refractivity contribution < 1.29 is 5.11 Å². The van der Waals surface area contributed by atoms with E-state index in [4.69, 9.17) is 0 Å². The van der Waals surface area contributed by atoms with Crippen LogP contribution in [-0.4, -0.2) is 28.4 Å². The molecule has 5 rings (SSSR count). The molecule has 33 heavy (non-hydrogen) atoms. The number of aryl methyl sites for hydroxylation is 2. The Kier molecular flexibility index (Phi) is 6.34. The highest BCUT2D eigenvalue weighted by Gasteiger charge is 2.23. The molecule has 1 heterocycles. The van der Waals surface area contributed by atoms with E-state index in [0.717, 1.165) is 0 Å². The van der Waals surface area contributed by atoms with Crippen molar-refractivity contribution in [2.45, 2.75) is 58.2 Å². The number of benzene rings is 3. The molecule has 0 bridgehead atoms. The average molecular weight is 439 g/mol. The van der Waals surface area contributed by atoms with Gasteiger partial charge in [-0.1, -0.05) is 85.1 Å². The Morgan fingerprint density at radius 1 is 0.909 bits per heavy atom. The topological polar surface area (TPSA) is 37.2 Å². The quantitative estimate of drug-likeness (QED) is 0.346. The van der Waals surface area contributed by atoms with Crippen molar-refractivity contribution >= 4 is 10.9 Å². The fourth-order valence-electron chi connectivity index (χ4n) is 5.57. The van der Waals surface area contributed by atoms with E-state index in [9.17, 15) is 5.11 Å². The fourth-order valence-corrected chi connectivity index (χ4v) is 5.57. The molecule has 0 radical (unpaired) electrons. The molecule has 170 valence electrons. The van der Waals surface area contributed by atoms with Gasteiger partial charge in [0.05, 0.1) is 23.9 Å². The van der Waals surface area contributed by atoms with E-state index < -0.39 is 6.10 Å². The smallest absolute Gasteiger partial charge is 0.0843 e. The van der Waals surface area contributed by atoms with Gasteiger partial charge < -0.3 is 15.0 Å². The first kappa shape index (κ1) is 21.9. The largest absolute Gasteiger partial charge is 0.390 e. The molecule has 3 nitrogen and oxygen atoms in total. The summed E-state index contributed by atoms with van der Waals surface area (Å²) in [6.45, 7) is 5.56. The number of nitrogens with zero attached hydrogens (tertiary/aromatic N) is 1. The molecule has 4 aromatic rings. The van der Waals surface area contributed by atoms with Gasteiger partial charge >= 0.3 is 0 Å². The minimum absolute atomic E-state index is 0.451. The zero-order valence-electron chi connectivity index (χ0n) is 19.7. The van der Waals surface area contributed by atoms with Crippen LogP contribution in [0, 0.1) is 13.8 Å². The van der Waals surface area contributed by atoms with Crippen molar-refractivity contribution in [3.05, 3.63) is 83.9 Å². The van der Waals surface area contributed by atoms with Crippen LogP contribution < -0.4 is 5.32 Å². The van der Waals surface area contributed by atoms with Crippen molar-refractivity contribution in [2.24, 2.45) is 0 Å². The SMILES string of the molecule is Cc1cc(C)c2c(c1)c(-c1ccccc1)c(-c1ccccc1)n2C[C@@H](O)CNC1CCCC1. The van der Waals surface area contributed by atoms with Gasteiger partial charge in [-0.05, 0) is 49.4 Å². The zero-order valence-corrected chi connectivity index (χ0v) is 19.7. The number of rotatable bonds is 7. The van der Waals surface area contributed by atoms with Gasteiger partial charge in [0.1, 0.15) is 0 Å². The molecule has 0 saturated heterocycles. The van der Waals surface area contributed by atoms with Crippen molar-refractivity contribution in [1.29, 1.82) is 0 Å². The molecule has 3 heteroatoms.